The topological polar surface area (TPSA) is 29.5 Å². The normalized spacial score (nSPS) is 19.2. The third-order valence-electron chi connectivity index (χ3n) is 3.29. The highest BCUT2D eigenvalue weighted by Crippen LogP contribution is 2.19. The van der Waals surface area contributed by atoms with Gasteiger partial charge in [-0.1, -0.05) is 11.6 Å². The molecule has 1 aliphatic heterocycles. The molecule has 3 nitrogen and oxygen atoms in total. The van der Waals surface area contributed by atoms with Gasteiger partial charge >= 0.3 is 0 Å². The first-order valence-electron chi connectivity index (χ1n) is 6.36. The molecule has 1 heterocycles. The van der Waals surface area contributed by atoms with Crippen molar-refractivity contribution in [1.29, 1.82) is 0 Å². The Morgan fingerprint density at radius 3 is 3.05 bits per heavy atom. The predicted octanol–water partition coefficient (Wildman–Crippen LogP) is 2.98. The molecule has 1 saturated heterocycles. The van der Waals surface area contributed by atoms with Gasteiger partial charge in [0.2, 0.25) is 0 Å². The van der Waals surface area contributed by atoms with Crippen LogP contribution in [-0.2, 0) is 4.74 Å². The van der Waals surface area contributed by atoms with Crippen LogP contribution in [0.3, 0.4) is 0 Å². The van der Waals surface area contributed by atoms with E-state index in [4.69, 9.17) is 16.3 Å². The highest BCUT2D eigenvalue weighted by atomic mass is 35.5. The van der Waals surface area contributed by atoms with Gasteiger partial charge in [0, 0.05) is 25.2 Å². The zero-order chi connectivity index (χ0) is 13.8. The van der Waals surface area contributed by atoms with E-state index >= 15 is 0 Å². The van der Waals surface area contributed by atoms with Crippen LogP contribution in [0, 0.1) is 11.7 Å². The number of rotatable bonds is 3. The van der Waals surface area contributed by atoms with Gasteiger partial charge in [0.25, 0.3) is 5.91 Å². The zero-order valence-corrected chi connectivity index (χ0v) is 11.6. The van der Waals surface area contributed by atoms with E-state index in [2.05, 4.69) is 0 Å². The van der Waals surface area contributed by atoms with Crippen molar-refractivity contribution in [1.82, 2.24) is 4.90 Å². The van der Waals surface area contributed by atoms with Gasteiger partial charge in [0.1, 0.15) is 5.82 Å². The molecular formula is C14H17ClFNO2. The summed E-state index contributed by atoms with van der Waals surface area (Å²) >= 11 is 5.80. The summed E-state index contributed by atoms with van der Waals surface area (Å²) in [5, 5.41) is 0.360. The van der Waals surface area contributed by atoms with Crippen molar-refractivity contribution in [2.45, 2.75) is 12.8 Å². The molecular weight excluding hydrogens is 269 g/mol. The summed E-state index contributed by atoms with van der Waals surface area (Å²) in [6.07, 6.45) is 2.05. The Bertz CT molecular complexity index is 461. The maximum Gasteiger partial charge on any atom is 0.256 e. The summed E-state index contributed by atoms with van der Waals surface area (Å²) in [7, 11) is 1.68. The van der Waals surface area contributed by atoms with Crippen LogP contribution in [0.15, 0.2) is 18.2 Å². The number of halogens is 2. The number of benzene rings is 1. The molecule has 5 heteroatoms. The molecule has 1 unspecified atom stereocenters. The fourth-order valence-corrected chi connectivity index (χ4v) is 2.46. The van der Waals surface area contributed by atoms with Gasteiger partial charge in [-0.25, -0.2) is 4.39 Å². The molecule has 19 heavy (non-hydrogen) atoms. The number of carbonyl (C=O) groups is 1. The van der Waals surface area contributed by atoms with Crippen LogP contribution < -0.4 is 0 Å². The van der Waals surface area contributed by atoms with E-state index in [1.54, 1.807) is 7.05 Å². The molecule has 1 aliphatic rings. The number of amides is 1. The first-order chi connectivity index (χ1) is 9.08. The van der Waals surface area contributed by atoms with Crippen LogP contribution >= 0.6 is 11.6 Å². The van der Waals surface area contributed by atoms with Crippen molar-refractivity contribution in [3.8, 4) is 0 Å². The molecule has 0 aromatic heterocycles. The van der Waals surface area contributed by atoms with Gasteiger partial charge < -0.3 is 9.64 Å². The van der Waals surface area contributed by atoms with Crippen molar-refractivity contribution in [3.63, 3.8) is 0 Å². The number of hydrogen-bond acceptors (Lipinski definition) is 2. The Hall–Kier alpha value is -1.13. The Kier molecular flexibility index (Phi) is 4.77. The second-order valence-electron chi connectivity index (χ2n) is 4.89. The van der Waals surface area contributed by atoms with Crippen LogP contribution in [0.5, 0.6) is 0 Å². The highest BCUT2D eigenvalue weighted by molar-refractivity contribution is 6.30. The molecule has 0 N–H and O–H groups in total. The fraction of sp³-hybridized carbons (Fsp3) is 0.500. The lowest BCUT2D eigenvalue weighted by Gasteiger charge is -2.27. The summed E-state index contributed by atoms with van der Waals surface area (Å²) in [6, 6.07) is 4.02. The van der Waals surface area contributed by atoms with Crippen molar-refractivity contribution >= 4 is 17.5 Å². The maximum absolute atomic E-state index is 13.6. The molecule has 104 valence electrons. The highest BCUT2D eigenvalue weighted by Gasteiger charge is 2.21. The summed E-state index contributed by atoms with van der Waals surface area (Å²) in [6.45, 7) is 2.03. The number of nitrogens with zero attached hydrogens (tertiary/aromatic N) is 1. The molecule has 0 spiro atoms. The minimum absolute atomic E-state index is 0.0201. The Morgan fingerprint density at radius 2 is 2.37 bits per heavy atom. The van der Waals surface area contributed by atoms with E-state index in [1.165, 1.54) is 23.1 Å². The fourth-order valence-electron chi connectivity index (χ4n) is 2.29. The minimum Gasteiger partial charge on any atom is -0.381 e. The minimum atomic E-state index is -0.541. The average molecular weight is 286 g/mol. The predicted molar refractivity (Wildman–Crippen MR) is 71.9 cm³/mol. The molecule has 1 amide bonds. The lowest BCUT2D eigenvalue weighted by Crippen LogP contribution is -2.35. The van der Waals surface area contributed by atoms with E-state index in [0.29, 0.717) is 24.1 Å². The first-order valence-corrected chi connectivity index (χ1v) is 6.74. The van der Waals surface area contributed by atoms with Crippen LogP contribution in [0.2, 0.25) is 5.02 Å². The summed E-state index contributed by atoms with van der Waals surface area (Å²) in [4.78, 5) is 13.7. The first kappa shape index (κ1) is 14.3. The Balaban J connectivity index is 2.03. The summed E-state index contributed by atoms with van der Waals surface area (Å²) in [5.41, 5.74) is 0.0201. The molecule has 1 atom stereocenters. The van der Waals surface area contributed by atoms with E-state index in [9.17, 15) is 9.18 Å². The SMILES string of the molecule is CN(CC1CCCOC1)C(=O)c1cc(Cl)ccc1F. The average Bonchev–Trinajstić information content (AvgIpc) is 2.42. The van der Waals surface area contributed by atoms with Gasteiger partial charge in [-0.3, -0.25) is 4.79 Å². The van der Waals surface area contributed by atoms with Crippen LogP contribution in [-0.4, -0.2) is 37.6 Å². The quantitative estimate of drug-likeness (QED) is 0.854. The van der Waals surface area contributed by atoms with Crippen molar-refractivity contribution in [2.75, 3.05) is 26.8 Å². The second kappa shape index (κ2) is 6.35. The maximum atomic E-state index is 13.6. The zero-order valence-electron chi connectivity index (χ0n) is 10.9. The number of hydrogen-bond donors (Lipinski definition) is 0. The third kappa shape index (κ3) is 3.67. The van der Waals surface area contributed by atoms with E-state index < -0.39 is 5.82 Å². The van der Waals surface area contributed by atoms with Gasteiger partial charge in [-0.05, 0) is 37.0 Å². The molecule has 0 saturated carbocycles. The molecule has 1 fully saturated rings. The number of carbonyl (C=O) groups excluding carboxylic acids is 1. The molecule has 1 aromatic rings. The van der Waals surface area contributed by atoms with Crippen molar-refractivity contribution in [2.24, 2.45) is 5.92 Å². The van der Waals surface area contributed by atoms with Crippen LogP contribution in [0.1, 0.15) is 23.2 Å². The summed E-state index contributed by atoms with van der Waals surface area (Å²) < 4.78 is 19.0. The van der Waals surface area contributed by atoms with E-state index in [0.717, 1.165) is 19.4 Å². The standard InChI is InChI=1S/C14H17ClFNO2/c1-17(8-10-3-2-6-19-9-10)14(18)12-7-11(15)4-5-13(12)16/h4-5,7,10H,2-3,6,8-9H2,1H3. The lowest BCUT2D eigenvalue weighted by atomic mass is 10.0. The molecule has 0 radical (unpaired) electrons. The molecule has 0 bridgehead atoms. The van der Waals surface area contributed by atoms with E-state index in [-0.39, 0.29) is 11.5 Å². The second-order valence-corrected chi connectivity index (χ2v) is 5.33. The third-order valence-corrected chi connectivity index (χ3v) is 3.53. The smallest absolute Gasteiger partial charge is 0.256 e. The van der Waals surface area contributed by atoms with Gasteiger partial charge in [0.15, 0.2) is 0 Å². The number of ether oxygens (including phenoxy) is 1. The molecule has 1 aromatic carbocycles. The van der Waals surface area contributed by atoms with Gasteiger partial charge in [-0.2, -0.15) is 0 Å². The van der Waals surface area contributed by atoms with E-state index in [1.807, 2.05) is 0 Å². The largest absolute Gasteiger partial charge is 0.381 e. The molecule has 0 aliphatic carbocycles. The Labute approximate surface area is 117 Å². The lowest BCUT2D eigenvalue weighted by molar-refractivity contribution is 0.0387. The van der Waals surface area contributed by atoms with Crippen LogP contribution in [0.4, 0.5) is 4.39 Å². The molecule has 2 rings (SSSR count). The van der Waals surface area contributed by atoms with Crippen molar-refractivity contribution < 1.29 is 13.9 Å². The van der Waals surface area contributed by atoms with Crippen molar-refractivity contribution in [3.05, 3.63) is 34.6 Å². The summed E-state index contributed by atoms with van der Waals surface area (Å²) in [5.74, 6) is -0.559. The monoisotopic (exact) mass is 285 g/mol. The van der Waals surface area contributed by atoms with Gasteiger partial charge in [-0.15, -0.1) is 0 Å². The van der Waals surface area contributed by atoms with Crippen LogP contribution in [0.25, 0.3) is 0 Å². The van der Waals surface area contributed by atoms with Gasteiger partial charge in [0.05, 0.1) is 12.2 Å². The Morgan fingerprint density at radius 1 is 1.58 bits per heavy atom.